The van der Waals surface area contributed by atoms with Gasteiger partial charge in [0.05, 0.1) is 11.7 Å². The molecule has 2 aromatic heterocycles. The first-order valence-electron chi connectivity index (χ1n) is 7.19. The molecule has 2 aromatic rings. The highest BCUT2D eigenvalue weighted by Crippen LogP contribution is 2.29. The lowest BCUT2D eigenvalue weighted by atomic mass is 10.0. The highest BCUT2D eigenvalue weighted by molar-refractivity contribution is 7.10. The topological polar surface area (TPSA) is 42.1 Å². The summed E-state index contributed by atoms with van der Waals surface area (Å²) in [5.74, 6) is 0. The molecule has 0 aliphatic heterocycles. The van der Waals surface area contributed by atoms with Crippen molar-refractivity contribution in [1.82, 2.24) is 9.88 Å². The highest BCUT2D eigenvalue weighted by atomic mass is 32.1. The van der Waals surface area contributed by atoms with Crippen LogP contribution in [-0.2, 0) is 6.54 Å². The van der Waals surface area contributed by atoms with Crippen LogP contribution in [0, 0.1) is 0 Å². The predicted octanol–water partition coefficient (Wildman–Crippen LogP) is 3.44. The molecule has 0 bridgehead atoms. The van der Waals surface area contributed by atoms with Gasteiger partial charge in [-0.15, -0.1) is 11.3 Å². The monoisotopic (exact) mass is 289 g/mol. The van der Waals surface area contributed by atoms with Gasteiger partial charge < -0.3 is 5.73 Å². The molecule has 2 rings (SSSR count). The van der Waals surface area contributed by atoms with Gasteiger partial charge in [0.25, 0.3) is 0 Å². The molecule has 4 heteroatoms. The number of likely N-dealkylation sites (N-methyl/N-ethyl adjacent to an activating group) is 1. The van der Waals surface area contributed by atoms with E-state index in [1.807, 2.05) is 18.3 Å². The van der Waals surface area contributed by atoms with Gasteiger partial charge in [0, 0.05) is 23.7 Å². The van der Waals surface area contributed by atoms with E-state index in [2.05, 4.69) is 47.3 Å². The van der Waals surface area contributed by atoms with Crippen LogP contribution in [0.4, 0.5) is 0 Å². The smallest absolute Gasteiger partial charge is 0.0596 e. The second-order valence-electron chi connectivity index (χ2n) is 4.92. The summed E-state index contributed by atoms with van der Waals surface area (Å²) in [6, 6.07) is 10.8. The van der Waals surface area contributed by atoms with Gasteiger partial charge in [-0.2, -0.15) is 0 Å². The van der Waals surface area contributed by atoms with Crippen molar-refractivity contribution in [3.63, 3.8) is 0 Å². The summed E-state index contributed by atoms with van der Waals surface area (Å²) in [6.07, 6.45) is 2.82. The maximum atomic E-state index is 6.38. The minimum atomic E-state index is 0.150. The normalized spacial score (nSPS) is 14.4. The zero-order valence-corrected chi connectivity index (χ0v) is 13.0. The zero-order valence-electron chi connectivity index (χ0n) is 12.2. The van der Waals surface area contributed by atoms with Gasteiger partial charge in [0.1, 0.15) is 0 Å². The van der Waals surface area contributed by atoms with Gasteiger partial charge in [0.15, 0.2) is 0 Å². The molecular weight excluding hydrogens is 266 g/mol. The molecule has 0 aromatic carbocycles. The molecule has 3 nitrogen and oxygen atoms in total. The largest absolute Gasteiger partial charge is 0.326 e. The Morgan fingerprint density at radius 2 is 2.10 bits per heavy atom. The van der Waals surface area contributed by atoms with Crippen LogP contribution >= 0.6 is 11.3 Å². The molecule has 0 saturated heterocycles. The Labute approximate surface area is 125 Å². The average molecular weight is 289 g/mol. The summed E-state index contributed by atoms with van der Waals surface area (Å²) in [5, 5.41) is 2.12. The molecule has 108 valence electrons. The number of hydrogen-bond acceptors (Lipinski definition) is 4. The van der Waals surface area contributed by atoms with Gasteiger partial charge in [-0.25, -0.2) is 0 Å². The number of aromatic nitrogens is 1. The van der Waals surface area contributed by atoms with E-state index in [0.717, 1.165) is 25.2 Å². The fourth-order valence-corrected chi connectivity index (χ4v) is 3.39. The van der Waals surface area contributed by atoms with Crippen LogP contribution in [0.15, 0.2) is 41.9 Å². The van der Waals surface area contributed by atoms with Crippen molar-refractivity contribution >= 4 is 11.3 Å². The maximum absolute atomic E-state index is 6.38. The summed E-state index contributed by atoms with van der Waals surface area (Å²) in [4.78, 5) is 8.20. The molecule has 2 heterocycles. The van der Waals surface area contributed by atoms with Crippen LogP contribution in [0.5, 0.6) is 0 Å². The Kier molecular flexibility index (Phi) is 5.71. The summed E-state index contributed by atoms with van der Waals surface area (Å²) in [6.45, 7) is 6.15. The first-order valence-corrected chi connectivity index (χ1v) is 8.07. The van der Waals surface area contributed by atoms with E-state index in [1.54, 1.807) is 11.3 Å². The van der Waals surface area contributed by atoms with Gasteiger partial charge in [-0.1, -0.05) is 26.0 Å². The van der Waals surface area contributed by atoms with E-state index in [4.69, 9.17) is 5.73 Å². The third-order valence-electron chi connectivity index (χ3n) is 3.60. The maximum Gasteiger partial charge on any atom is 0.0596 e. The van der Waals surface area contributed by atoms with Crippen molar-refractivity contribution in [2.45, 2.75) is 38.9 Å². The second kappa shape index (κ2) is 7.53. The zero-order chi connectivity index (χ0) is 14.4. The minimum Gasteiger partial charge on any atom is -0.326 e. The SMILES string of the molecule is CCC(N)C(c1cccs1)N(CC)Cc1ccccn1. The molecule has 2 unspecified atom stereocenters. The average Bonchev–Trinajstić information content (AvgIpc) is 3.01. The number of nitrogens with two attached hydrogens (primary N) is 1. The molecule has 0 spiro atoms. The molecule has 0 aliphatic carbocycles. The lowest BCUT2D eigenvalue weighted by molar-refractivity contribution is 0.170. The van der Waals surface area contributed by atoms with Crippen molar-refractivity contribution in [1.29, 1.82) is 0 Å². The Morgan fingerprint density at radius 3 is 2.65 bits per heavy atom. The Bertz CT molecular complexity index is 484. The first-order chi connectivity index (χ1) is 9.76. The fraction of sp³-hybridized carbons (Fsp3) is 0.438. The minimum absolute atomic E-state index is 0.150. The number of pyridine rings is 1. The van der Waals surface area contributed by atoms with Crippen molar-refractivity contribution < 1.29 is 0 Å². The van der Waals surface area contributed by atoms with E-state index in [0.29, 0.717) is 0 Å². The number of thiophene rings is 1. The summed E-state index contributed by atoms with van der Waals surface area (Å²) < 4.78 is 0. The third kappa shape index (κ3) is 3.66. The molecule has 2 N–H and O–H groups in total. The quantitative estimate of drug-likeness (QED) is 0.849. The molecule has 0 radical (unpaired) electrons. The van der Waals surface area contributed by atoms with Crippen LogP contribution in [0.3, 0.4) is 0 Å². The third-order valence-corrected chi connectivity index (χ3v) is 4.55. The lowest BCUT2D eigenvalue weighted by Gasteiger charge is -2.33. The van der Waals surface area contributed by atoms with Gasteiger partial charge >= 0.3 is 0 Å². The van der Waals surface area contributed by atoms with Gasteiger partial charge in [-0.05, 0) is 36.5 Å². The Balaban J connectivity index is 2.21. The molecule has 2 atom stereocenters. The van der Waals surface area contributed by atoms with Crippen LogP contribution in [0.25, 0.3) is 0 Å². The molecular formula is C16H23N3S. The van der Waals surface area contributed by atoms with E-state index < -0.39 is 0 Å². The molecule has 20 heavy (non-hydrogen) atoms. The molecule has 0 saturated carbocycles. The fourth-order valence-electron chi connectivity index (χ4n) is 2.45. The number of rotatable bonds is 7. The molecule has 0 amide bonds. The van der Waals surface area contributed by atoms with E-state index in [9.17, 15) is 0 Å². The number of hydrogen-bond donors (Lipinski definition) is 1. The molecule has 0 aliphatic rings. The summed E-state index contributed by atoms with van der Waals surface area (Å²) in [5.41, 5.74) is 7.48. The van der Waals surface area contributed by atoms with Crippen LogP contribution in [-0.4, -0.2) is 22.5 Å². The standard InChI is InChI=1S/C16H23N3S/c1-3-14(17)16(15-9-7-11-20-15)19(4-2)12-13-8-5-6-10-18-13/h5-11,14,16H,3-4,12,17H2,1-2H3. The van der Waals surface area contributed by atoms with E-state index >= 15 is 0 Å². The van der Waals surface area contributed by atoms with E-state index in [1.165, 1.54) is 4.88 Å². The highest BCUT2D eigenvalue weighted by Gasteiger charge is 2.25. The second-order valence-corrected chi connectivity index (χ2v) is 5.90. The molecule has 0 fully saturated rings. The van der Waals surface area contributed by atoms with Crippen molar-refractivity contribution in [3.8, 4) is 0 Å². The summed E-state index contributed by atoms with van der Waals surface area (Å²) in [7, 11) is 0. The van der Waals surface area contributed by atoms with Crippen LogP contribution in [0.1, 0.15) is 36.9 Å². The predicted molar refractivity (Wildman–Crippen MR) is 85.6 cm³/mol. The van der Waals surface area contributed by atoms with Crippen LogP contribution < -0.4 is 5.73 Å². The van der Waals surface area contributed by atoms with Crippen molar-refractivity contribution in [3.05, 3.63) is 52.5 Å². The first kappa shape index (κ1) is 15.2. The Hall–Kier alpha value is -1.23. The van der Waals surface area contributed by atoms with Crippen molar-refractivity contribution in [2.75, 3.05) is 6.54 Å². The lowest BCUT2D eigenvalue weighted by Crippen LogP contribution is -2.40. The van der Waals surface area contributed by atoms with Gasteiger partial charge in [0.2, 0.25) is 0 Å². The Morgan fingerprint density at radius 1 is 1.25 bits per heavy atom. The van der Waals surface area contributed by atoms with Gasteiger partial charge in [-0.3, -0.25) is 9.88 Å². The van der Waals surface area contributed by atoms with Crippen molar-refractivity contribution in [2.24, 2.45) is 5.73 Å². The number of nitrogens with zero attached hydrogens (tertiary/aromatic N) is 2. The summed E-state index contributed by atoms with van der Waals surface area (Å²) >= 11 is 1.79. The van der Waals surface area contributed by atoms with Crippen LogP contribution in [0.2, 0.25) is 0 Å². The van der Waals surface area contributed by atoms with E-state index in [-0.39, 0.29) is 12.1 Å².